The lowest BCUT2D eigenvalue weighted by Gasteiger charge is -2.23. The predicted octanol–water partition coefficient (Wildman–Crippen LogP) is 2.43. The topological polar surface area (TPSA) is 59.6 Å². The van der Waals surface area contributed by atoms with E-state index in [0.717, 1.165) is 19.6 Å². The second-order valence-corrected chi connectivity index (χ2v) is 5.33. The minimum Gasteiger partial charge on any atom is -0.374 e. The van der Waals surface area contributed by atoms with Gasteiger partial charge in [0.05, 0.1) is 6.10 Å². The van der Waals surface area contributed by atoms with E-state index in [9.17, 15) is 0 Å². The summed E-state index contributed by atoms with van der Waals surface area (Å²) in [6.45, 7) is 5.34. The Kier molecular flexibility index (Phi) is 7.75. The molecule has 0 bridgehead atoms. The number of halogens is 1. The molecule has 0 amide bonds. The first-order valence-electron chi connectivity index (χ1n) is 7.10. The van der Waals surface area contributed by atoms with Crippen LogP contribution in [0.1, 0.15) is 38.5 Å². The third kappa shape index (κ3) is 5.30. The van der Waals surface area contributed by atoms with Crippen molar-refractivity contribution < 1.29 is 4.74 Å². The number of hydrogen-bond donors (Lipinski definition) is 2. The van der Waals surface area contributed by atoms with Crippen LogP contribution in [0.3, 0.4) is 0 Å². The molecule has 0 aromatic rings. The van der Waals surface area contributed by atoms with Gasteiger partial charge < -0.3 is 15.8 Å². The summed E-state index contributed by atoms with van der Waals surface area (Å²) in [5, 5.41) is 3.34. The SMILES string of the molecule is C=C[C@@H]1OCC[C@H]1CN=C(N)NC1CCCCC1.I. The van der Waals surface area contributed by atoms with E-state index in [2.05, 4.69) is 16.9 Å². The molecular weight excluding hydrogens is 353 g/mol. The Morgan fingerprint density at radius 3 is 2.74 bits per heavy atom. The van der Waals surface area contributed by atoms with E-state index >= 15 is 0 Å². The first-order valence-corrected chi connectivity index (χ1v) is 7.10. The number of nitrogens with one attached hydrogen (secondary N) is 1. The van der Waals surface area contributed by atoms with Crippen molar-refractivity contribution in [2.24, 2.45) is 16.6 Å². The van der Waals surface area contributed by atoms with Crippen molar-refractivity contribution in [1.29, 1.82) is 0 Å². The molecule has 1 saturated carbocycles. The summed E-state index contributed by atoms with van der Waals surface area (Å²) in [4.78, 5) is 4.45. The van der Waals surface area contributed by atoms with Crippen molar-refractivity contribution >= 4 is 29.9 Å². The molecule has 0 aromatic heterocycles. The summed E-state index contributed by atoms with van der Waals surface area (Å²) >= 11 is 0. The van der Waals surface area contributed by atoms with E-state index in [1.54, 1.807) is 0 Å². The monoisotopic (exact) mass is 379 g/mol. The maximum absolute atomic E-state index is 5.94. The van der Waals surface area contributed by atoms with Crippen molar-refractivity contribution in [3.05, 3.63) is 12.7 Å². The fraction of sp³-hybridized carbons (Fsp3) is 0.786. The van der Waals surface area contributed by atoms with Gasteiger partial charge in [-0.1, -0.05) is 25.3 Å². The van der Waals surface area contributed by atoms with E-state index in [-0.39, 0.29) is 30.1 Å². The molecule has 2 fully saturated rings. The molecule has 1 aliphatic carbocycles. The fourth-order valence-corrected chi connectivity index (χ4v) is 2.83. The third-order valence-electron chi connectivity index (χ3n) is 3.95. The standard InChI is InChI=1S/C14H25N3O.HI/c1-2-13-11(8-9-18-13)10-16-14(15)17-12-6-4-3-5-7-12;/h2,11-13H,1,3-10H2,(H3,15,16,17);1H/t11-,13-;/m0./s1. The van der Waals surface area contributed by atoms with Crippen LogP contribution in [0, 0.1) is 5.92 Å². The molecule has 2 atom stereocenters. The number of aliphatic imine (C=N–C) groups is 1. The molecule has 0 aromatic carbocycles. The molecular formula is C14H26IN3O. The van der Waals surface area contributed by atoms with Crippen LogP contribution in [0.4, 0.5) is 0 Å². The molecule has 0 spiro atoms. The molecule has 0 unspecified atom stereocenters. The molecule has 4 nitrogen and oxygen atoms in total. The highest BCUT2D eigenvalue weighted by Gasteiger charge is 2.25. The van der Waals surface area contributed by atoms with Crippen LogP contribution >= 0.6 is 24.0 Å². The lowest BCUT2D eigenvalue weighted by Crippen LogP contribution is -2.41. The summed E-state index contributed by atoms with van der Waals surface area (Å²) in [5.41, 5.74) is 5.94. The Balaban J connectivity index is 0.00000180. The maximum atomic E-state index is 5.94. The van der Waals surface area contributed by atoms with Crippen LogP contribution in [0.2, 0.25) is 0 Å². The zero-order valence-electron chi connectivity index (χ0n) is 11.5. The van der Waals surface area contributed by atoms with E-state index in [1.807, 2.05) is 6.08 Å². The number of hydrogen-bond acceptors (Lipinski definition) is 2. The minimum absolute atomic E-state index is 0. The smallest absolute Gasteiger partial charge is 0.188 e. The molecule has 3 N–H and O–H groups in total. The average Bonchev–Trinajstić information content (AvgIpc) is 2.85. The highest BCUT2D eigenvalue weighted by Crippen LogP contribution is 2.22. The van der Waals surface area contributed by atoms with Crippen LogP contribution in [0.25, 0.3) is 0 Å². The van der Waals surface area contributed by atoms with Gasteiger partial charge in [-0.05, 0) is 19.3 Å². The lowest BCUT2D eigenvalue weighted by atomic mass is 9.96. The Hall–Kier alpha value is -0.300. The first-order chi connectivity index (χ1) is 8.79. The molecule has 110 valence electrons. The van der Waals surface area contributed by atoms with Gasteiger partial charge in [-0.2, -0.15) is 0 Å². The summed E-state index contributed by atoms with van der Waals surface area (Å²) in [6.07, 6.45) is 9.48. The predicted molar refractivity (Wildman–Crippen MR) is 90.0 cm³/mol. The van der Waals surface area contributed by atoms with Crippen LogP contribution in [0.5, 0.6) is 0 Å². The van der Waals surface area contributed by atoms with Gasteiger partial charge in [-0.3, -0.25) is 4.99 Å². The largest absolute Gasteiger partial charge is 0.374 e. The molecule has 1 heterocycles. The van der Waals surface area contributed by atoms with E-state index in [1.165, 1.54) is 32.1 Å². The highest BCUT2D eigenvalue weighted by atomic mass is 127. The molecule has 2 aliphatic rings. The Labute approximate surface area is 133 Å². The summed E-state index contributed by atoms with van der Waals surface area (Å²) < 4.78 is 5.55. The quantitative estimate of drug-likeness (QED) is 0.341. The molecule has 19 heavy (non-hydrogen) atoms. The van der Waals surface area contributed by atoms with Gasteiger partial charge in [-0.15, -0.1) is 30.6 Å². The van der Waals surface area contributed by atoms with Gasteiger partial charge >= 0.3 is 0 Å². The summed E-state index contributed by atoms with van der Waals surface area (Å²) in [7, 11) is 0. The second-order valence-electron chi connectivity index (χ2n) is 5.33. The summed E-state index contributed by atoms with van der Waals surface area (Å²) in [6, 6.07) is 0.525. The van der Waals surface area contributed by atoms with Crippen molar-refractivity contribution in [2.75, 3.05) is 13.2 Å². The van der Waals surface area contributed by atoms with Gasteiger partial charge in [-0.25, -0.2) is 0 Å². The number of rotatable bonds is 4. The zero-order chi connectivity index (χ0) is 12.8. The molecule has 0 radical (unpaired) electrons. The van der Waals surface area contributed by atoms with Gasteiger partial charge in [0.25, 0.3) is 0 Å². The summed E-state index contributed by atoms with van der Waals surface area (Å²) in [5.74, 6) is 1.03. The second kappa shape index (κ2) is 8.79. The Morgan fingerprint density at radius 2 is 2.05 bits per heavy atom. The number of nitrogens with two attached hydrogens (primary N) is 1. The van der Waals surface area contributed by atoms with Gasteiger partial charge in [0.2, 0.25) is 0 Å². The van der Waals surface area contributed by atoms with Crippen molar-refractivity contribution in [1.82, 2.24) is 5.32 Å². The van der Waals surface area contributed by atoms with Gasteiger partial charge in [0, 0.05) is 25.1 Å². The first kappa shape index (κ1) is 16.8. The lowest BCUT2D eigenvalue weighted by molar-refractivity contribution is 0.129. The Bertz CT molecular complexity index is 303. The van der Waals surface area contributed by atoms with Crippen LogP contribution in [-0.4, -0.2) is 31.3 Å². The molecule has 1 saturated heterocycles. The van der Waals surface area contributed by atoms with Crippen LogP contribution in [-0.2, 0) is 4.74 Å². The van der Waals surface area contributed by atoms with Crippen molar-refractivity contribution in [3.8, 4) is 0 Å². The van der Waals surface area contributed by atoms with Crippen LogP contribution in [0.15, 0.2) is 17.6 Å². The number of ether oxygens (including phenoxy) is 1. The minimum atomic E-state index is 0. The van der Waals surface area contributed by atoms with E-state index in [0.29, 0.717) is 17.9 Å². The molecule has 1 aliphatic heterocycles. The third-order valence-corrected chi connectivity index (χ3v) is 3.95. The van der Waals surface area contributed by atoms with Gasteiger partial charge in [0.15, 0.2) is 5.96 Å². The number of nitrogens with zero attached hydrogens (tertiary/aromatic N) is 1. The van der Waals surface area contributed by atoms with Crippen molar-refractivity contribution in [3.63, 3.8) is 0 Å². The van der Waals surface area contributed by atoms with E-state index in [4.69, 9.17) is 10.5 Å². The molecule has 5 heteroatoms. The zero-order valence-corrected chi connectivity index (χ0v) is 13.8. The number of guanidine groups is 1. The average molecular weight is 379 g/mol. The maximum Gasteiger partial charge on any atom is 0.188 e. The van der Waals surface area contributed by atoms with Crippen molar-refractivity contribution in [2.45, 2.75) is 50.7 Å². The van der Waals surface area contributed by atoms with Crippen LogP contribution < -0.4 is 11.1 Å². The fourth-order valence-electron chi connectivity index (χ4n) is 2.83. The molecule has 2 rings (SSSR count). The van der Waals surface area contributed by atoms with E-state index < -0.39 is 0 Å². The highest BCUT2D eigenvalue weighted by molar-refractivity contribution is 14.0. The Morgan fingerprint density at radius 1 is 1.32 bits per heavy atom. The van der Waals surface area contributed by atoms with Gasteiger partial charge in [0.1, 0.15) is 0 Å². The normalized spacial score (nSPS) is 28.7.